The second-order valence-electron chi connectivity index (χ2n) is 6.70. The third-order valence-corrected chi connectivity index (χ3v) is 4.30. The minimum atomic E-state index is -1.01. The van der Waals surface area contributed by atoms with Crippen LogP contribution in [0.25, 0.3) is 0 Å². The zero-order valence-corrected chi connectivity index (χ0v) is 15.7. The Morgan fingerprint density at radius 3 is 2.39 bits per heavy atom. The minimum Gasteiger partial charge on any atom is -0.350 e. The quantitative estimate of drug-likeness (QED) is 0.652. The number of hydrogen-bond donors (Lipinski definition) is 1. The number of carbonyl (C=O) groups excluding carboxylic acids is 1. The molecule has 0 unspecified atom stereocenters. The molecule has 2 aromatic carbocycles. The molecule has 3 rings (SSSR count). The molecule has 144 valence electrons. The van der Waals surface area contributed by atoms with E-state index in [4.69, 9.17) is 0 Å². The van der Waals surface area contributed by atoms with Gasteiger partial charge in [0, 0.05) is 30.5 Å². The summed E-state index contributed by atoms with van der Waals surface area (Å²) in [6.45, 7) is 4.86. The van der Waals surface area contributed by atoms with Crippen molar-refractivity contribution in [3.63, 3.8) is 0 Å². The van der Waals surface area contributed by atoms with Gasteiger partial charge >= 0.3 is 0 Å². The summed E-state index contributed by atoms with van der Waals surface area (Å²) in [7, 11) is 0. The molecule has 0 aliphatic heterocycles. The summed E-state index contributed by atoms with van der Waals surface area (Å²) in [5.41, 5.74) is 1.68. The number of halogens is 2. The highest BCUT2D eigenvalue weighted by molar-refractivity contribution is 6.04. The Kier molecular flexibility index (Phi) is 5.99. The number of rotatable bonds is 6. The fourth-order valence-electron chi connectivity index (χ4n) is 2.78. The van der Waals surface area contributed by atoms with Crippen molar-refractivity contribution >= 4 is 17.4 Å². The standard InChI is InChI=1S/C22H21F2N3O/c1-15(2)27(14-16-6-4-3-5-7-16)21-11-8-17(13-25-21)22(28)26-18-9-10-19(23)20(24)12-18/h3-13,15H,14H2,1-2H3,(H,26,28). The molecule has 28 heavy (non-hydrogen) atoms. The maximum absolute atomic E-state index is 13.3. The number of hydrogen-bond acceptors (Lipinski definition) is 3. The van der Waals surface area contributed by atoms with E-state index >= 15 is 0 Å². The van der Waals surface area contributed by atoms with Crippen LogP contribution in [0.1, 0.15) is 29.8 Å². The fourth-order valence-corrected chi connectivity index (χ4v) is 2.78. The monoisotopic (exact) mass is 381 g/mol. The predicted molar refractivity (Wildman–Crippen MR) is 106 cm³/mol. The number of nitrogens with one attached hydrogen (secondary N) is 1. The van der Waals surface area contributed by atoms with E-state index in [1.165, 1.54) is 12.3 Å². The van der Waals surface area contributed by atoms with E-state index < -0.39 is 17.5 Å². The Balaban J connectivity index is 1.73. The van der Waals surface area contributed by atoms with Gasteiger partial charge in [0.25, 0.3) is 5.91 Å². The molecule has 0 saturated carbocycles. The molecule has 0 aliphatic rings. The van der Waals surface area contributed by atoms with Crippen molar-refractivity contribution in [1.29, 1.82) is 0 Å². The van der Waals surface area contributed by atoms with Crippen LogP contribution >= 0.6 is 0 Å². The molecule has 0 spiro atoms. The van der Waals surface area contributed by atoms with Crippen LogP contribution in [-0.2, 0) is 6.54 Å². The molecule has 1 N–H and O–H groups in total. The van der Waals surface area contributed by atoms with Gasteiger partial charge in [-0.25, -0.2) is 13.8 Å². The van der Waals surface area contributed by atoms with Gasteiger partial charge in [0.05, 0.1) is 5.56 Å². The highest BCUT2D eigenvalue weighted by Crippen LogP contribution is 2.19. The van der Waals surface area contributed by atoms with Crippen molar-refractivity contribution < 1.29 is 13.6 Å². The number of nitrogens with zero attached hydrogens (tertiary/aromatic N) is 2. The molecule has 0 saturated heterocycles. The molecule has 4 nitrogen and oxygen atoms in total. The fraction of sp³-hybridized carbons (Fsp3) is 0.182. The average Bonchev–Trinajstić information content (AvgIpc) is 2.69. The number of pyridine rings is 1. The molecule has 1 heterocycles. The van der Waals surface area contributed by atoms with Crippen LogP contribution in [0, 0.1) is 11.6 Å². The third kappa shape index (κ3) is 4.71. The lowest BCUT2D eigenvalue weighted by Gasteiger charge is -2.28. The second kappa shape index (κ2) is 8.61. The summed E-state index contributed by atoms with van der Waals surface area (Å²) in [5, 5.41) is 2.54. The molecule has 1 amide bonds. The van der Waals surface area contributed by atoms with E-state index in [0.717, 1.165) is 23.5 Å². The van der Waals surface area contributed by atoms with Gasteiger partial charge in [-0.1, -0.05) is 30.3 Å². The molecular weight excluding hydrogens is 360 g/mol. The molecule has 0 fully saturated rings. The summed E-state index contributed by atoms with van der Waals surface area (Å²) >= 11 is 0. The normalized spacial score (nSPS) is 10.8. The summed E-state index contributed by atoms with van der Waals surface area (Å²) in [5.74, 6) is -1.66. The summed E-state index contributed by atoms with van der Waals surface area (Å²) in [6.07, 6.45) is 1.48. The highest BCUT2D eigenvalue weighted by Gasteiger charge is 2.14. The van der Waals surface area contributed by atoms with E-state index in [-0.39, 0.29) is 11.7 Å². The zero-order chi connectivity index (χ0) is 20.1. The van der Waals surface area contributed by atoms with E-state index in [1.54, 1.807) is 12.1 Å². The Bertz CT molecular complexity index is 944. The molecule has 0 atom stereocenters. The van der Waals surface area contributed by atoms with Crippen LogP contribution in [0.5, 0.6) is 0 Å². The highest BCUT2D eigenvalue weighted by atomic mass is 19.2. The Labute approximate surface area is 162 Å². The van der Waals surface area contributed by atoms with Crippen molar-refractivity contribution in [3.8, 4) is 0 Å². The maximum atomic E-state index is 13.3. The second-order valence-corrected chi connectivity index (χ2v) is 6.70. The first-order valence-electron chi connectivity index (χ1n) is 8.97. The van der Waals surface area contributed by atoms with Crippen LogP contribution in [0.2, 0.25) is 0 Å². The zero-order valence-electron chi connectivity index (χ0n) is 15.7. The lowest BCUT2D eigenvalue weighted by Crippen LogP contribution is -2.31. The summed E-state index contributed by atoms with van der Waals surface area (Å²) < 4.78 is 26.3. The van der Waals surface area contributed by atoms with Crippen molar-refractivity contribution in [1.82, 2.24) is 4.98 Å². The first kappa shape index (κ1) is 19.5. The molecule has 6 heteroatoms. The van der Waals surface area contributed by atoms with Gasteiger partial charge in [-0.05, 0) is 43.7 Å². The van der Waals surface area contributed by atoms with Crippen molar-refractivity contribution in [3.05, 3.63) is 89.6 Å². The first-order chi connectivity index (χ1) is 13.4. The lowest BCUT2D eigenvalue weighted by atomic mass is 10.2. The van der Waals surface area contributed by atoms with Crippen molar-refractivity contribution in [2.24, 2.45) is 0 Å². The van der Waals surface area contributed by atoms with Crippen LogP contribution in [-0.4, -0.2) is 16.9 Å². The molecule has 0 bridgehead atoms. The number of benzene rings is 2. The van der Waals surface area contributed by atoms with Crippen LogP contribution in [0.3, 0.4) is 0 Å². The number of amides is 1. The van der Waals surface area contributed by atoms with Gasteiger partial charge in [0.2, 0.25) is 0 Å². The van der Waals surface area contributed by atoms with E-state index in [1.807, 2.05) is 18.2 Å². The third-order valence-electron chi connectivity index (χ3n) is 4.30. The average molecular weight is 381 g/mol. The van der Waals surface area contributed by atoms with Gasteiger partial charge in [-0.15, -0.1) is 0 Å². The summed E-state index contributed by atoms with van der Waals surface area (Å²) in [4.78, 5) is 18.9. The van der Waals surface area contributed by atoms with Crippen LogP contribution < -0.4 is 10.2 Å². The van der Waals surface area contributed by atoms with Crippen LogP contribution in [0.15, 0.2) is 66.9 Å². The van der Waals surface area contributed by atoms with E-state index in [9.17, 15) is 13.6 Å². The smallest absolute Gasteiger partial charge is 0.257 e. The summed E-state index contributed by atoms with van der Waals surface area (Å²) in [6, 6.07) is 16.9. The lowest BCUT2D eigenvalue weighted by molar-refractivity contribution is 0.102. The largest absolute Gasteiger partial charge is 0.350 e. The van der Waals surface area contributed by atoms with E-state index in [0.29, 0.717) is 12.1 Å². The molecule has 0 radical (unpaired) electrons. The minimum absolute atomic E-state index is 0.181. The van der Waals surface area contributed by atoms with Gasteiger partial charge in [-0.2, -0.15) is 0 Å². The van der Waals surface area contributed by atoms with Gasteiger partial charge in [0.1, 0.15) is 5.82 Å². The van der Waals surface area contributed by atoms with Gasteiger partial charge in [0.15, 0.2) is 11.6 Å². The number of carbonyl (C=O) groups is 1. The SMILES string of the molecule is CC(C)N(Cc1ccccc1)c1ccc(C(=O)Nc2ccc(F)c(F)c2)cn1. The molecule has 0 aliphatic carbocycles. The van der Waals surface area contributed by atoms with Gasteiger partial charge < -0.3 is 10.2 Å². The molecule has 3 aromatic rings. The Morgan fingerprint density at radius 1 is 1.04 bits per heavy atom. The predicted octanol–water partition coefficient (Wildman–Crippen LogP) is 5.03. The van der Waals surface area contributed by atoms with Crippen molar-refractivity contribution in [2.45, 2.75) is 26.4 Å². The molecule has 1 aromatic heterocycles. The van der Waals surface area contributed by atoms with E-state index in [2.05, 4.69) is 41.2 Å². The van der Waals surface area contributed by atoms with Crippen LogP contribution in [0.4, 0.5) is 20.3 Å². The molecular formula is C22H21F2N3O. The Morgan fingerprint density at radius 2 is 1.79 bits per heavy atom. The number of aromatic nitrogens is 1. The number of anilines is 2. The van der Waals surface area contributed by atoms with Gasteiger partial charge in [-0.3, -0.25) is 4.79 Å². The first-order valence-corrected chi connectivity index (χ1v) is 8.97. The topological polar surface area (TPSA) is 45.2 Å². The Hall–Kier alpha value is -3.28. The maximum Gasteiger partial charge on any atom is 0.257 e. The van der Waals surface area contributed by atoms with Crippen molar-refractivity contribution in [2.75, 3.05) is 10.2 Å².